The van der Waals surface area contributed by atoms with Crippen molar-refractivity contribution in [1.29, 1.82) is 0 Å². The van der Waals surface area contributed by atoms with Crippen LogP contribution < -0.4 is 10.6 Å². The second kappa shape index (κ2) is 9.60. The van der Waals surface area contributed by atoms with Gasteiger partial charge in [0, 0.05) is 32.0 Å². The number of carboxylic acids is 1. The lowest BCUT2D eigenvalue weighted by molar-refractivity contribution is -0.143. The zero-order chi connectivity index (χ0) is 23.4. The number of carboxylic acid groups (broad SMARTS) is 1. The van der Waals surface area contributed by atoms with Crippen LogP contribution in [-0.4, -0.2) is 66.2 Å². The van der Waals surface area contributed by atoms with Gasteiger partial charge >= 0.3 is 12.1 Å². The fraction of sp³-hybridized carbons (Fsp3) is 0.375. The number of rotatable bonds is 8. The molecule has 0 radical (unpaired) electrons. The summed E-state index contributed by atoms with van der Waals surface area (Å²) in [6, 6.07) is 14.6. The van der Waals surface area contributed by atoms with Crippen molar-refractivity contribution in [2.24, 2.45) is 0 Å². The van der Waals surface area contributed by atoms with Crippen molar-refractivity contribution in [2.45, 2.75) is 30.3 Å². The average Bonchev–Trinajstić information content (AvgIpc) is 3.41. The highest BCUT2D eigenvalue weighted by atomic mass is 16.6. The summed E-state index contributed by atoms with van der Waals surface area (Å²) in [5.74, 6) is -2.09. The molecule has 1 heterocycles. The summed E-state index contributed by atoms with van der Waals surface area (Å²) in [5.41, 5.74) is 2.90. The lowest BCUT2D eigenvalue weighted by Crippen LogP contribution is -2.62. The monoisotopic (exact) mass is 454 g/mol. The molecule has 2 amide bonds. The van der Waals surface area contributed by atoms with Crippen LogP contribution in [0.15, 0.2) is 48.5 Å². The number of aliphatic carboxylic acids is 1. The van der Waals surface area contributed by atoms with E-state index in [1.807, 2.05) is 48.5 Å². The molecule has 1 aliphatic carbocycles. The van der Waals surface area contributed by atoms with E-state index in [2.05, 4.69) is 10.6 Å². The topological polar surface area (TPSA) is 134 Å². The number of hydrogen-bond acceptors (Lipinski definition) is 6. The Morgan fingerprint density at radius 2 is 1.73 bits per heavy atom. The molecule has 2 aliphatic rings. The van der Waals surface area contributed by atoms with Gasteiger partial charge in [0.05, 0.1) is 6.61 Å². The summed E-state index contributed by atoms with van der Waals surface area (Å²) in [7, 11) is 0. The van der Waals surface area contributed by atoms with Crippen molar-refractivity contribution in [3.05, 3.63) is 59.7 Å². The number of alkyl carbamates (subject to hydrolysis) is 1. The van der Waals surface area contributed by atoms with Gasteiger partial charge in [-0.05, 0) is 22.3 Å². The first-order chi connectivity index (χ1) is 15.9. The minimum atomic E-state index is -1.44. The first kappa shape index (κ1) is 22.8. The van der Waals surface area contributed by atoms with Gasteiger partial charge in [0.15, 0.2) is 0 Å². The summed E-state index contributed by atoms with van der Waals surface area (Å²) in [4.78, 5) is 36.9. The summed E-state index contributed by atoms with van der Waals surface area (Å²) < 4.78 is 10.9. The summed E-state index contributed by atoms with van der Waals surface area (Å²) in [6.07, 6.45) is -0.760. The van der Waals surface area contributed by atoms with E-state index in [0.29, 0.717) is 0 Å². The largest absolute Gasteiger partial charge is 0.480 e. The highest BCUT2D eigenvalue weighted by molar-refractivity contribution is 5.93. The molecule has 0 aromatic heterocycles. The molecular weight excluding hydrogens is 428 g/mol. The van der Waals surface area contributed by atoms with Crippen molar-refractivity contribution >= 4 is 18.0 Å². The Labute approximate surface area is 190 Å². The summed E-state index contributed by atoms with van der Waals surface area (Å²) in [6.45, 7) is -0.190. The van der Waals surface area contributed by atoms with Crippen LogP contribution in [0.3, 0.4) is 0 Å². The SMILES string of the molecule is O=C(NC1(C(=O)N[C@@H](CCO)C(=O)O)CCOC1)OCC1c2ccccc2-c2ccccc21. The quantitative estimate of drug-likeness (QED) is 0.476. The van der Waals surface area contributed by atoms with Crippen LogP contribution >= 0.6 is 0 Å². The van der Waals surface area contributed by atoms with E-state index in [1.165, 1.54) is 0 Å². The van der Waals surface area contributed by atoms with Crippen LogP contribution in [0.4, 0.5) is 4.79 Å². The van der Waals surface area contributed by atoms with E-state index < -0.39 is 36.2 Å². The molecule has 0 saturated carbocycles. The van der Waals surface area contributed by atoms with Gasteiger partial charge in [-0.15, -0.1) is 0 Å². The molecule has 9 nitrogen and oxygen atoms in total. The fourth-order valence-corrected chi connectivity index (χ4v) is 4.41. The number of ether oxygens (including phenoxy) is 2. The molecule has 4 N–H and O–H groups in total. The van der Waals surface area contributed by atoms with Crippen molar-refractivity contribution in [3.8, 4) is 11.1 Å². The highest BCUT2D eigenvalue weighted by Crippen LogP contribution is 2.44. The van der Waals surface area contributed by atoms with Gasteiger partial charge in [0.2, 0.25) is 5.91 Å². The van der Waals surface area contributed by atoms with E-state index in [1.54, 1.807) is 0 Å². The number of aliphatic hydroxyl groups is 1. The van der Waals surface area contributed by atoms with E-state index >= 15 is 0 Å². The number of fused-ring (bicyclic) bond motifs is 3. The summed E-state index contributed by atoms with van der Waals surface area (Å²) in [5, 5.41) is 23.3. The highest BCUT2D eigenvalue weighted by Gasteiger charge is 2.45. The number of hydrogen-bond donors (Lipinski definition) is 4. The molecule has 0 bridgehead atoms. The summed E-state index contributed by atoms with van der Waals surface area (Å²) >= 11 is 0. The molecule has 33 heavy (non-hydrogen) atoms. The Balaban J connectivity index is 1.44. The normalized spacial score (nSPS) is 19.9. The molecule has 1 unspecified atom stereocenters. The lowest BCUT2D eigenvalue weighted by atomic mass is 9.96. The van der Waals surface area contributed by atoms with Gasteiger partial charge in [-0.25, -0.2) is 9.59 Å². The Bertz CT molecular complexity index is 1000. The van der Waals surface area contributed by atoms with Gasteiger partial charge in [-0.2, -0.15) is 0 Å². The Hall–Kier alpha value is -3.43. The molecule has 9 heteroatoms. The van der Waals surface area contributed by atoms with Crippen molar-refractivity contribution in [1.82, 2.24) is 10.6 Å². The average molecular weight is 454 g/mol. The third-order valence-electron chi connectivity index (χ3n) is 6.16. The maximum atomic E-state index is 12.9. The van der Waals surface area contributed by atoms with Gasteiger partial charge in [-0.3, -0.25) is 4.79 Å². The van der Waals surface area contributed by atoms with E-state index in [9.17, 15) is 19.5 Å². The first-order valence-corrected chi connectivity index (χ1v) is 10.8. The molecule has 4 rings (SSSR count). The number of amides is 2. The van der Waals surface area contributed by atoms with E-state index in [4.69, 9.17) is 14.6 Å². The van der Waals surface area contributed by atoms with Crippen LogP contribution in [0.1, 0.15) is 29.9 Å². The molecule has 174 valence electrons. The maximum Gasteiger partial charge on any atom is 0.408 e. The standard InChI is InChI=1S/C24H26N2O7/c27-11-9-20(21(28)29)25-22(30)24(10-12-32-14-24)26-23(31)33-13-19-17-7-3-1-5-15(17)16-6-2-4-8-18(16)19/h1-8,19-20,27H,9-14H2,(H,25,30)(H,26,31)(H,28,29)/t20-,24?/m0/s1. The third kappa shape index (κ3) is 4.55. The van der Waals surface area contributed by atoms with E-state index in [0.717, 1.165) is 22.3 Å². The first-order valence-electron chi connectivity index (χ1n) is 10.8. The zero-order valence-electron chi connectivity index (χ0n) is 18.0. The number of benzene rings is 2. The van der Waals surface area contributed by atoms with Gasteiger partial charge < -0.3 is 30.3 Å². The molecule has 2 aromatic rings. The third-order valence-corrected chi connectivity index (χ3v) is 6.16. The van der Waals surface area contributed by atoms with Crippen molar-refractivity contribution in [2.75, 3.05) is 26.4 Å². The molecule has 2 aromatic carbocycles. The smallest absolute Gasteiger partial charge is 0.408 e. The van der Waals surface area contributed by atoms with Crippen LogP contribution in [0.25, 0.3) is 11.1 Å². The van der Waals surface area contributed by atoms with Crippen LogP contribution in [0.5, 0.6) is 0 Å². The predicted octanol–water partition coefficient (Wildman–Crippen LogP) is 1.64. The Morgan fingerprint density at radius 3 is 2.27 bits per heavy atom. The molecule has 2 atom stereocenters. The molecular formula is C24H26N2O7. The van der Waals surface area contributed by atoms with Crippen LogP contribution in [0.2, 0.25) is 0 Å². The zero-order valence-corrected chi connectivity index (χ0v) is 18.0. The minimum Gasteiger partial charge on any atom is -0.480 e. The van der Waals surface area contributed by atoms with Crippen molar-refractivity contribution < 1.29 is 34.1 Å². The molecule has 0 spiro atoms. The van der Waals surface area contributed by atoms with Crippen LogP contribution in [-0.2, 0) is 19.1 Å². The second-order valence-electron chi connectivity index (χ2n) is 8.21. The second-order valence-corrected chi connectivity index (χ2v) is 8.21. The predicted molar refractivity (Wildman–Crippen MR) is 118 cm³/mol. The lowest BCUT2D eigenvalue weighted by Gasteiger charge is -2.29. The van der Waals surface area contributed by atoms with Gasteiger partial charge in [-0.1, -0.05) is 48.5 Å². The number of carbonyl (C=O) groups is 3. The van der Waals surface area contributed by atoms with Crippen LogP contribution in [0, 0.1) is 0 Å². The fourth-order valence-electron chi connectivity index (χ4n) is 4.41. The molecule has 1 aliphatic heterocycles. The number of carbonyl (C=O) groups excluding carboxylic acids is 2. The van der Waals surface area contributed by atoms with E-state index in [-0.39, 0.29) is 38.6 Å². The Kier molecular flexibility index (Phi) is 6.62. The minimum absolute atomic E-state index is 0.0840. The number of nitrogens with one attached hydrogen (secondary N) is 2. The van der Waals surface area contributed by atoms with Gasteiger partial charge in [0.25, 0.3) is 0 Å². The van der Waals surface area contributed by atoms with Crippen molar-refractivity contribution in [3.63, 3.8) is 0 Å². The van der Waals surface area contributed by atoms with Gasteiger partial charge in [0.1, 0.15) is 18.2 Å². The molecule has 1 fully saturated rings. The molecule has 1 saturated heterocycles. The number of aliphatic hydroxyl groups excluding tert-OH is 1. The Morgan fingerprint density at radius 1 is 1.09 bits per heavy atom. The maximum absolute atomic E-state index is 12.9.